The zero-order valence-electron chi connectivity index (χ0n) is 26.5. The van der Waals surface area contributed by atoms with E-state index < -0.39 is 93.7 Å². The van der Waals surface area contributed by atoms with Gasteiger partial charge in [0.25, 0.3) is 5.69 Å². The van der Waals surface area contributed by atoms with Crippen LogP contribution in [0.5, 0.6) is 5.75 Å². The molecule has 1 saturated heterocycles. The van der Waals surface area contributed by atoms with E-state index in [4.69, 9.17) is 57.1 Å². The molecule has 0 aliphatic carbocycles. The molecule has 1 aliphatic heterocycles. The van der Waals surface area contributed by atoms with Crippen molar-refractivity contribution in [2.75, 3.05) is 6.61 Å². The van der Waals surface area contributed by atoms with Crippen LogP contribution in [0.4, 0.5) is 5.69 Å². The van der Waals surface area contributed by atoms with Crippen LogP contribution in [-0.2, 0) is 42.9 Å². The number of halogens is 2. The fraction of sp³-hybridized carbons (Fsp3) is 0.357. The summed E-state index contributed by atoms with van der Waals surface area (Å²) in [5.41, 5.74) is 0.883. The Morgan fingerprint density at radius 2 is 1.52 bits per heavy atom. The molecule has 4 rings (SSSR count). The maximum Gasteiger partial charge on any atom is 0.303 e. The van der Waals surface area contributed by atoms with Crippen molar-refractivity contribution >= 4 is 63.7 Å². The van der Waals surface area contributed by atoms with Gasteiger partial charge in [0.15, 0.2) is 18.0 Å². The van der Waals surface area contributed by atoms with Crippen LogP contribution in [0.2, 0.25) is 10.0 Å². The van der Waals surface area contributed by atoms with Crippen molar-refractivity contribution in [3.05, 3.63) is 62.8 Å². The molecular formula is C28H26Cl2N2O12. The van der Waals surface area contributed by atoms with Gasteiger partial charge < -0.3 is 33.0 Å². The minimum absolute atomic E-state index is 0.107. The molecule has 0 saturated carbocycles. The van der Waals surface area contributed by atoms with E-state index in [0.717, 1.165) is 0 Å². The highest BCUT2D eigenvalue weighted by Gasteiger charge is 2.53. The van der Waals surface area contributed by atoms with Gasteiger partial charge in [-0.2, -0.15) is 0 Å². The Kier molecular flexibility index (Phi) is 8.33. The molecule has 0 bridgehead atoms. The SMILES string of the molecule is [2H]CC(=O)OC[C@H]1OC(Oc2c(Cl)cc(-n3ccc4cc([N+](=O)[O-])ccc43)cc2Cl)[C@@H](OC(=O)C[2H])[C@@H](OC(=O)C[2H])[C@@H]1OC(=O)C[2H]. The monoisotopic (exact) mass is 656 g/mol. The number of carbonyl (C=O) groups is 4. The summed E-state index contributed by atoms with van der Waals surface area (Å²) in [6.45, 7) is -4.19. The topological polar surface area (TPSA) is 172 Å². The van der Waals surface area contributed by atoms with Crippen molar-refractivity contribution in [2.24, 2.45) is 0 Å². The fourth-order valence-corrected chi connectivity index (χ4v) is 5.09. The fourth-order valence-electron chi connectivity index (χ4n) is 4.52. The zero-order valence-corrected chi connectivity index (χ0v) is 24.0. The van der Waals surface area contributed by atoms with Crippen LogP contribution in [-0.4, -0.2) is 70.7 Å². The Morgan fingerprint density at radius 3 is 2.14 bits per heavy atom. The molecule has 0 radical (unpaired) electrons. The van der Waals surface area contributed by atoms with Gasteiger partial charge in [-0.1, -0.05) is 23.2 Å². The van der Waals surface area contributed by atoms with Gasteiger partial charge in [0.1, 0.15) is 12.7 Å². The highest BCUT2D eigenvalue weighted by molar-refractivity contribution is 6.37. The Balaban J connectivity index is 1.75. The Hall–Kier alpha value is -4.40. The Bertz CT molecular complexity index is 1690. The predicted molar refractivity (Wildman–Crippen MR) is 153 cm³/mol. The zero-order chi connectivity index (χ0) is 35.1. The van der Waals surface area contributed by atoms with Gasteiger partial charge >= 0.3 is 23.9 Å². The summed E-state index contributed by atoms with van der Waals surface area (Å²) in [7, 11) is 0. The van der Waals surface area contributed by atoms with Gasteiger partial charge in [0.05, 0.1) is 20.5 Å². The van der Waals surface area contributed by atoms with Crippen LogP contribution >= 0.6 is 23.2 Å². The Labute approximate surface area is 265 Å². The highest BCUT2D eigenvalue weighted by atomic mass is 35.5. The summed E-state index contributed by atoms with van der Waals surface area (Å²) in [5, 5.41) is 11.5. The molecule has 1 aliphatic rings. The molecule has 0 spiro atoms. The molecule has 2 heterocycles. The average molecular weight is 657 g/mol. The standard InChI is InChI=1S/C28H26Cl2N2O12/c1-13(33)39-12-23-25(40-14(2)34)26(41-15(3)35)27(42-16(4)36)28(43-23)44-24-20(29)10-19(11-21(24)30)31-8-7-17-9-18(32(37)38)5-6-22(17)31/h5-11,23,25-28H,12H2,1-4H3/t23-,25-,26+,27+,28?/m1/s1/i1D,2D,3D,4D. The van der Waals surface area contributed by atoms with E-state index in [1.165, 1.54) is 30.3 Å². The van der Waals surface area contributed by atoms with Crippen LogP contribution < -0.4 is 4.74 Å². The molecule has 44 heavy (non-hydrogen) atoms. The van der Waals surface area contributed by atoms with Crippen molar-refractivity contribution in [1.82, 2.24) is 4.57 Å². The number of esters is 4. The third-order valence-electron chi connectivity index (χ3n) is 6.18. The smallest absolute Gasteiger partial charge is 0.303 e. The normalized spacial score (nSPS) is 22.5. The number of non-ortho nitro benzene ring substituents is 1. The van der Waals surface area contributed by atoms with Gasteiger partial charge in [-0.05, 0) is 24.3 Å². The number of nitro groups is 1. The molecule has 1 unspecified atom stereocenters. The second kappa shape index (κ2) is 13.5. The maximum atomic E-state index is 12.4. The Morgan fingerprint density at radius 1 is 0.909 bits per heavy atom. The summed E-state index contributed by atoms with van der Waals surface area (Å²) < 4.78 is 63.8. The number of benzene rings is 2. The van der Waals surface area contributed by atoms with E-state index in [-0.39, 0.29) is 21.5 Å². The predicted octanol–water partition coefficient (Wildman–Crippen LogP) is 4.31. The van der Waals surface area contributed by atoms with E-state index in [0.29, 0.717) is 16.6 Å². The van der Waals surface area contributed by atoms with E-state index in [1.807, 2.05) is 0 Å². The van der Waals surface area contributed by atoms with Gasteiger partial charge in [-0.3, -0.25) is 29.3 Å². The van der Waals surface area contributed by atoms with Crippen LogP contribution in [0.15, 0.2) is 42.6 Å². The van der Waals surface area contributed by atoms with Crippen molar-refractivity contribution in [3.63, 3.8) is 0 Å². The second-order valence-corrected chi connectivity index (χ2v) is 9.95. The van der Waals surface area contributed by atoms with Crippen molar-refractivity contribution in [3.8, 4) is 11.4 Å². The number of fused-ring (bicyclic) bond motifs is 1. The third-order valence-corrected chi connectivity index (χ3v) is 6.74. The van der Waals surface area contributed by atoms with E-state index in [1.54, 1.807) is 16.8 Å². The molecule has 5 atom stereocenters. The third kappa shape index (κ3) is 7.38. The van der Waals surface area contributed by atoms with Gasteiger partial charge in [0.2, 0.25) is 12.4 Å². The van der Waals surface area contributed by atoms with Crippen molar-refractivity contribution < 1.29 is 58.0 Å². The van der Waals surface area contributed by atoms with Crippen LogP contribution in [0, 0.1) is 10.1 Å². The molecule has 234 valence electrons. The number of hydrogen-bond donors (Lipinski definition) is 0. The largest absolute Gasteiger partial charge is 0.463 e. The maximum absolute atomic E-state index is 12.4. The van der Waals surface area contributed by atoms with E-state index in [9.17, 15) is 29.3 Å². The van der Waals surface area contributed by atoms with Crippen LogP contribution in [0.3, 0.4) is 0 Å². The lowest BCUT2D eigenvalue weighted by Crippen LogP contribution is -2.63. The minimum atomic E-state index is -1.79. The van der Waals surface area contributed by atoms with Gasteiger partial charge in [-0.25, -0.2) is 0 Å². The first-order chi connectivity index (χ1) is 22.9. The number of ether oxygens (including phenoxy) is 6. The molecule has 1 aromatic heterocycles. The number of nitro benzene ring substituents is 1. The molecule has 14 nitrogen and oxygen atoms in total. The van der Waals surface area contributed by atoms with Gasteiger partial charge in [0, 0.05) is 62.5 Å². The number of nitrogens with zero attached hydrogens (tertiary/aromatic N) is 2. The number of carbonyl (C=O) groups excluding carboxylic acids is 4. The first-order valence-corrected chi connectivity index (χ1v) is 13.1. The first kappa shape index (κ1) is 27.2. The second-order valence-electron chi connectivity index (χ2n) is 9.13. The average Bonchev–Trinajstić information content (AvgIpc) is 3.50. The number of hydrogen-bond acceptors (Lipinski definition) is 12. The number of rotatable bonds is 9. The highest BCUT2D eigenvalue weighted by Crippen LogP contribution is 2.39. The summed E-state index contributed by atoms with van der Waals surface area (Å²) in [6.07, 6.45) is -6.93. The molecule has 0 N–H and O–H groups in total. The summed E-state index contributed by atoms with van der Waals surface area (Å²) in [6, 6.07) is 8.76. The molecule has 16 heteroatoms. The molecule has 1 fully saturated rings. The lowest BCUT2D eigenvalue weighted by Gasteiger charge is -2.44. The minimum Gasteiger partial charge on any atom is -0.463 e. The van der Waals surface area contributed by atoms with Crippen molar-refractivity contribution in [1.29, 1.82) is 0 Å². The van der Waals surface area contributed by atoms with Gasteiger partial charge in [-0.15, -0.1) is 0 Å². The summed E-state index contributed by atoms with van der Waals surface area (Å²) >= 11 is 13.2. The summed E-state index contributed by atoms with van der Waals surface area (Å²) in [4.78, 5) is 59.4. The lowest BCUT2D eigenvalue weighted by molar-refractivity contribution is -0.384. The number of aromatic nitrogens is 1. The van der Waals surface area contributed by atoms with E-state index >= 15 is 0 Å². The van der Waals surface area contributed by atoms with Crippen LogP contribution in [0.25, 0.3) is 16.6 Å². The summed E-state index contributed by atoms with van der Waals surface area (Å²) in [5.74, 6) is -4.68. The molecule has 0 amide bonds. The molecule has 2 aromatic carbocycles. The van der Waals surface area contributed by atoms with E-state index in [2.05, 4.69) is 0 Å². The molecular weight excluding hydrogens is 627 g/mol. The molecule has 3 aromatic rings. The first-order valence-electron chi connectivity index (χ1n) is 15.2. The quantitative estimate of drug-likeness (QED) is 0.138. The lowest BCUT2D eigenvalue weighted by atomic mass is 9.98. The van der Waals surface area contributed by atoms with Crippen molar-refractivity contribution in [2.45, 2.75) is 58.3 Å². The van der Waals surface area contributed by atoms with Crippen LogP contribution in [0.1, 0.15) is 33.1 Å².